The molecule has 0 saturated heterocycles. The van der Waals surface area contributed by atoms with Gasteiger partial charge in [-0.15, -0.1) is 5.10 Å². The van der Waals surface area contributed by atoms with Gasteiger partial charge < -0.3 is 9.52 Å². The molecule has 0 spiro atoms. The maximum absolute atomic E-state index is 12.5. The SMILES string of the molecule is O=c1oc2ccc(C#CC3(O)CCCCC3)cc2cc1-n1cc(-c2ccsc2)nn1. The number of nitrogens with zero attached hydrogens (tertiary/aromatic N) is 3. The maximum Gasteiger partial charge on any atom is 0.362 e. The molecule has 1 aromatic carbocycles. The van der Waals surface area contributed by atoms with E-state index < -0.39 is 11.2 Å². The second kappa shape index (κ2) is 7.56. The van der Waals surface area contributed by atoms with E-state index in [-0.39, 0.29) is 5.69 Å². The molecule has 0 amide bonds. The monoisotopic (exact) mass is 417 g/mol. The summed E-state index contributed by atoms with van der Waals surface area (Å²) in [6, 6.07) is 9.07. The number of aliphatic hydroxyl groups is 1. The molecule has 4 aromatic rings. The molecule has 1 N–H and O–H groups in total. The summed E-state index contributed by atoms with van der Waals surface area (Å²) in [5, 5.41) is 23.5. The molecule has 1 aliphatic rings. The average molecular weight is 417 g/mol. The van der Waals surface area contributed by atoms with E-state index in [1.807, 2.05) is 22.9 Å². The van der Waals surface area contributed by atoms with Crippen molar-refractivity contribution in [2.24, 2.45) is 0 Å². The molecule has 3 heterocycles. The van der Waals surface area contributed by atoms with Crippen LogP contribution in [0.3, 0.4) is 0 Å². The third-order valence-electron chi connectivity index (χ3n) is 5.39. The van der Waals surface area contributed by atoms with Crippen molar-refractivity contribution < 1.29 is 9.52 Å². The van der Waals surface area contributed by atoms with Crippen LogP contribution in [0.5, 0.6) is 0 Å². The highest BCUT2D eigenvalue weighted by molar-refractivity contribution is 7.08. The van der Waals surface area contributed by atoms with Crippen molar-refractivity contribution in [3.63, 3.8) is 0 Å². The second-order valence-corrected chi connectivity index (χ2v) is 8.35. The number of aromatic nitrogens is 3. The molecule has 5 rings (SSSR count). The normalized spacial score (nSPS) is 15.6. The summed E-state index contributed by atoms with van der Waals surface area (Å²) >= 11 is 1.57. The first-order valence-electron chi connectivity index (χ1n) is 9.88. The van der Waals surface area contributed by atoms with Gasteiger partial charge >= 0.3 is 5.63 Å². The van der Waals surface area contributed by atoms with Gasteiger partial charge in [0.25, 0.3) is 0 Å². The maximum atomic E-state index is 12.5. The lowest BCUT2D eigenvalue weighted by Crippen LogP contribution is -2.29. The molecule has 0 bridgehead atoms. The largest absolute Gasteiger partial charge is 0.421 e. The molecule has 1 fully saturated rings. The molecule has 3 aromatic heterocycles. The lowest BCUT2D eigenvalue weighted by Gasteiger charge is -2.26. The number of rotatable bonds is 2. The fourth-order valence-electron chi connectivity index (χ4n) is 3.72. The summed E-state index contributed by atoms with van der Waals surface area (Å²) in [4.78, 5) is 12.5. The van der Waals surface area contributed by atoms with Crippen LogP contribution in [0.4, 0.5) is 0 Å². The Hall–Kier alpha value is -3.21. The molecule has 1 saturated carbocycles. The molecular formula is C23H19N3O3S. The highest BCUT2D eigenvalue weighted by atomic mass is 32.1. The van der Waals surface area contributed by atoms with Gasteiger partial charge in [0, 0.05) is 21.9 Å². The van der Waals surface area contributed by atoms with Crippen molar-refractivity contribution in [3.05, 3.63) is 63.3 Å². The lowest BCUT2D eigenvalue weighted by atomic mass is 9.85. The lowest BCUT2D eigenvalue weighted by molar-refractivity contribution is 0.0610. The van der Waals surface area contributed by atoms with E-state index in [0.29, 0.717) is 24.1 Å². The average Bonchev–Trinajstić information content (AvgIpc) is 3.44. The molecule has 6 nitrogen and oxygen atoms in total. The second-order valence-electron chi connectivity index (χ2n) is 7.57. The van der Waals surface area contributed by atoms with Crippen LogP contribution in [0.25, 0.3) is 27.9 Å². The smallest absolute Gasteiger partial charge is 0.362 e. The fraction of sp³-hybridized carbons (Fsp3) is 0.261. The van der Waals surface area contributed by atoms with Gasteiger partial charge in [0.2, 0.25) is 0 Å². The van der Waals surface area contributed by atoms with E-state index in [4.69, 9.17) is 4.42 Å². The number of benzene rings is 1. The minimum Gasteiger partial charge on any atom is -0.421 e. The van der Waals surface area contributed by atoms with Crippen LogP contribution in [-0.2, 0) is 0 Å². The summed E-state index contributed by atoms with van der Waals surface area (Å²) in [5.41, 5.74) is 1.78. The molecule has 0 atom stereocenters. The molecule has 7 heteroatoms. The van der Waals surface area contributed by atoms with Crippen LogP contribution in [0.2, 0.25) is 0 Å². The van der Waals surface area contributed by atoms with Crippen LogP contribution in [0, 0.1) is 11.8 Å². The Kier molecular flexibility index (Phi) is 4.74. The third-order valence-corrected chi connectivity index (χ3v) is 6.07. The molecule has 0 unspecified atom stereocenters. The van der Waals surface area contributed by atoms with E-state index in [1.54, 1.807) is 35.7 Å². The Morgan fingerprint density at radius 1 is 1.17 bits per heavy atom. The number of fused-ring (bicyclic) bond motifs is 1. The number of hydrogen-bond acceptors (Lipinski definition) is 6. The van der Waals surface area contributed by atoms with Gasteiger partial charge in [-0.2, -0.15) is 11.3 Å². The highest BCUT2D eigenvalue weighted by Gasteiger charge is 2.26. The Labute approximate surface area is 176 Å². The molecule has 150 valence electrons. The third kappa shape index (κ3) is 3.67. The first-order chi connectivity index (χ1) is 14.6. The summed E-state index contributed by atoms with van der Waals surface area (Å²) in [7, 11) is 0. The first-order valence-corrected chi connectivity index (χ1v) is 10.8. The summed E-state index contributed by atoms with van der Waals surface area (Å²) in [6.45, 7) is 0. The van der Waals surface area contributed by atoms with Crippen molar-refractivity contribution in [1.82, 2.24) is 15.0 Å². The Balaban J connectivity index is 1.50. The molecule has 0 aliphatic heterocycles. The van der Waals surface area contributed by atoms with Crippen molar-refractivity contribution >= 4 is 22.3 Å². The van der Waals surface area contributed by atoms with Gasteiger partial charge in [0.05, 0.1) is 6.20 Å². The zero-order valence-electron chi connectivity index (χ0n) is 16.2. The molecular weight excluding hydrogens is 398 g/mol. The van der Waals surface area contributed by atoms with Gasteiger partial charge in [-0.3, -0.25) is 0 Å². The number of hydrogen-bond donors (Lipinski definition) is 1. The van der Waals surface area contributed by atoms with E-state index in [0.717, 1.165) is 35.8 Å². The molecule has 0 radical (unpaired) electrons. The zero-order valence-corrected chi connectivity index (χ0v) is 17.0. The van der Waals surface area contributed by atoms with E-state index in [9.17, 15) is 9.90 Å². The summed E-state index contributed by atoms with van der Waals surface area (Å²) in [5.74, 6) is 6.13. The van der Waals surface area contributed by atoms with E-state index in [1.165, 1.54) is 4.68 Å². The van der Waals surface area contributed by atoms with Crippen LogP contribution in [-0.4, -0.2) is 25.7 Å². The summed E-state index contributed by atoms with van der Waals surface area (Å²) in [6.07, 6.45) is 6.29. The van der Waals surface area contributed by atoms with Crippen molar-refractivity contribution in [2.75, 3.05) is 0 Å². The first kappa shape index (κ1) is 18.8. The standard InChI is InChI=1S/C23H19N3O3S/c27-22-20(26-14-19(24-25-26)17-7-11-30-15-17)13-18-12-16(4-5-21(18)29-22)6-10-23(28)8-2-1-3-9-23/h4-5,7,11-15,28H,1-3,8-9H2. The van der Waals surface area contributed by atoms with Crippen LogP contribution in [0.1, 0.15) is 37.7 Å². The van der Waals surface area contributed by atoms with Gasteiger partial charge in [0.15, 0.2) is 5.69 Å². The van der Waals surface area contributed by atoms with E-state index >= 15 is 0 Å². The predicted molar refractivity (Wildman–Crippen MR) is 116 cm³/mol. The highest BCUT2D eigenvalue weighted by Crippen LogP contribution is 2.27. The van der Waals surface area contributed by atoms with E-state index in [2.05, 4.69) is 22.2 Å². The van der Waals surface area contributed by atoms with Crippen molar-refractivity contribution in [3.8, 4) is 28.8 Å². The molecule has 30 heavy (non-hydrogen) atoms. The predicted octanol–water partition coefficient (Wildman–Crippen LogP) is 4.15. The minimum absolute atomic E-state index is 0.285. The van der Waals surface area contributed by atoms with Gasteiger partial charge in [0.1, 0.15) is 16.9 Å². The molecule has 1 aliphatic carbocycles. The van der Waals surface area contributed by atoms with Gasteiger partial charge in [-0.25, -0.2) is 9.48 Å². The Morgan fingerprint density at radius 3 is 2.83 bits per heavy atom. The van der Waals surface area contributed by atoms with Crippen LogP contribution in [0.15, 0.2) is 56.5 Å². The van der Waals surface area contributed by atoms with Crippen molar-refractivity contribution in [2.45, 2.75) is 37.7 Å². The topological polar surface area (TPSA) is 81.1 Å². The minimum atomic E-state index is -0.902. The van der Waals surface area contributed by atoms with Crippen LogP contribution >= 0.6 is 11.3 Å². The zero-order chi connectivity index (χ0) is 20.6. The van der Waals surface area contributed by atoms with Gasteiger partial charge in [-0.05, 0) is 61.4 Å². The summed E-state index contributed by atoms with van der Waals surface area (Å²) < 4.78 is 6.91. The van der Waals surface area contributed by atoms with Crippen LogP contribution < -0.4 is 5.63 Å². The quantitative estimate of drug-likeness (QED) is 0.391. The Bertz CT molecular complexity index is 1320. The Morgan fingerprint density at radius 2 is 2.03 bits per heavy atom. The van der Waals surface area contributed by atoms with Crippen molar-refractivity contribution in [1.29, 1.82) is 0 Å². The number of thiophene rings is 1. The van der Waals surface area contributed by atoms with Gasteiger partial charge in [-0.1, -0.05) is 23.5 Å². The fourth-order valence-corrected chi connectivity index (χ4v) is 4.37.